The van der Waals surface area contributed by atoms with Crippen LogP contribution in [0.5, 0.6) is 5.75 Å². The predicted octanol–water partition coefficient (Wildman–Crippen LogP) is 1.38. The third-order valence-electron chi connectivity index (χ3n) is 4.22. The number of nitrogens with zero attached hydrogens (tertiary/aromatic N) is 2. The normalized spacial score (nSPS) is 17.1. The van der Waals surface area contributed by atoms with E-state index in [0.717, 1.165) is 32.4 Å². The third-order valence-corrected chi connectivity index (χ3v) is 4.22. The van der Waals surface area contributed by atoms with Crippen LogP contribution in [0.4, 0.5) is 11.4 Å². The molecule has 128 valence electrons. The van der Waals surface area contributed by atoms with E-state index >= 15 is 0 Å². The molecule has 0 bridgehead atoms. The molecule has 2 aliphatic rings. The number of fused-ring (bicyclic) bond motifs is 1. The molecule has 2 heterocycles. The van der Waals surface area contributed by atoms with Gasteiger partial charge in [-0.05, 0) is 37.5 Å². The summed E-state index contributed by atoms with van der Waals surface area (Å²) in [5.41, 5.74) is 1.08. The van der Waals surface area contributed by atoms with Crippen molar-refractivity contribution in [1.82, 2.24) is 4.90 Å². The van der Waals surface area contributed by atoms with E-state index in [9.17, 15) is 14.4 Å². The first-order chi connectivity index (χ1) is 11.5. The molecule has 0 spiro atoms. The quantitative estimate of drug-likeness (QED) is 0.908. The van der Waals surface area contributed by atoms with Crippen LogP contribution in [0.1, 0.15) is 26.2 Å². The number of anilines is 2. The first-order valence-electron chi connectivity index (χ1n) is 8.17. The maximum absolute atomic E-state index is 12.5. The molecule has 3 amide bonds. The molecule has 0 saturated carbocycles. The molecule has 2 aliphatic heterocycles. The van der Waals surface area contributed by atoms with Crippen LogP contribution in [0, 0.1) is 0 Å². The zero-order chi connectivity index (χ0) is 17.1. The fraction of sp³-hybridized carbons (Fsp3) is 0.471. The highest BCUT2D eigenvalue weighted by Gasteiger charge is 2.29. The number of carbonyl (C=O) groups is 3. The molecule has 7 heteroatoms. The third kappa shape index (κ3) is 3.50. The number of hydrogen-bond acceptors (Lipinski definition) is 4. The van der Waals surface area contributed by atoms with Crippen molar-refractivity contribution < 1.29 is 19.1 Å². The number of piperidine rings is 1. The first kappa shape index (κ1) is 16.3. The Morgan fingerprint density at radius 1 is 1.21 bits per heavy atom. The molecule has 0 atom stereocenters. The topological polar surface area (TPSA) is 79.0 Å². The number of ether oxygens (including phenoxy) is 1. The van der Waals surface area contributed by atoms with Gasteiger partial charge in [0.05, 0.1) is 5.69 Å². The molecule has 1 aromatic rings. The lowest BCUT2D eigenvalue weighted by atomic mass is 10.1. The zero-order valence-corrected chi connectivity index (χ0v) is 13.7. The number of amides is 3. The van der Waals surface area contributed by atoms with Gasteiger partial charge >= 0.3 is 0 Å². The van der Waals surface area contributed by atoms with Gasteiger partial charge in [0, 0.05) is 25.7 Å². The lowest BCUT2D eigenvalue weighted by Crippen LogP contribution is -2.47. The average Bonchev–Trinajstić information content (AvgIpc) is 2.57. The summed E-state index contributed by atoms with van der Waals surface area (Å²) < 4.78 is 5.42. The summed E-state index contributed by atoms with van der Waals surface area (Å²) >= 11 is 0. The van der Waals surface area contributed by atoms with Crippen molar-refractivity contribution in [1.29, 1.82) is 0 Å². The van der Waals surface area contributed by atoms with Gasteiger partial charge in [-0.15, -0.1) is 0 Å². The summed E-state index contributed by atoms with van der Waals surface area (Å²) in [6.45, 7) is 2.82. The van der Waals surface area contributed by atoms with E-state index in [2.05, 4.69) is 5.32 Å². The highest BCUT2D eigenvalue weighted by atomic mass is 16.5. The second-order valence-electron chi connectivity index (χ2n) is 6.07. The Kier molecular flexibility index (Phi) is 4.69. The summed E-state index contributed by atoms with van der Waals surface area (Å²) in [5.74, 6) is 0.0257. The second kappa shape index (κ2) is 6.90. The molecular formula is C17H21N3O4. The molecule has 1 saturated heterocycles. The van der Waals surface area contributed by atoms with Crippen molar-refractivity contribution in [3.05, 3.63) is 18.2 Å². The second-order valence-corrected chi connectivity index (χ2v) is 6.07. The van der Waals surface area contributed by atoms with Gasteiger partial charge in [0.2, 0.25) is 11.8 Å². The van der Waals surface area contributed by atoms with Crippen molar-refractivity contribution in [3.8, 4) is 5.75 Å². The van der Waals surface area contributed by atoms with Crippen molar-refractivity contribution in [3.63, 3.8) is 0 Å². The Bertz CT molecular complexity index is 668. The minimum Gasteiger partial charge on any atom is -0.482 e. The largest absolute Gasteiger partial charge is 0.482 e. The van der Waals surface area contributed by atoms with Gasteiger partial charge in [0.1, 0.15) is 12.3 Å². The number of nitrogens with one attached hydrogen (secondary N) is 1. The Labute approximate surface area is 140 Å². The maximum atomic E-state index is 12.5. The highest BCUT2D eigenvalue weighted by molar-refractivity contribution is 6.03. The predicted molar refractivity (Wildman–Crippen MR) is 89.0 cm³/mol. The fourth-order valence-corrected chi connectivity index (χ4v) is 3.04. The van der Waals surface area contributed by atoms with E-state index in [0.29, 0.717) is 17.1 Å². The number of carbonyl (C=O) groups excluding carboxylic acids is 3. The van der Waals surface area contributed by atoms with Crippen molar-refractivity contribution in [2.24, 2.45) is 0 Å². The number of benzene rings is 1. The standard InChI is InChI=1S/C17H21N3O4/c1-12(21)18-13-5-6-15-14(9-13)20(17(23)11-24-15)10-16(22)19-7-3-2-4-8-19/h5-6,9H,2-4,7-8,10-11H2,1H3,(H,18,21). The molecular weight excluding hydrogens is 310 g/mol. The lowest BCUT2D eigenvalue weighted by molar-refractivity contribution is -0.132. The summed E-state index contributed by atoms with van der Waals surface area (Å²) in [6, 6.07) is 5.07. The van der Waals surface area contributed by atoms with E-state index < -0.39 is 0 Å². The monoisotopic (exact) mass is 331 g/mol. The van der Waals surface area contributed by atoms with Gasteiger partial charge in [-0.1, -0.05) is 0 Å². The molecule has 1 fully saturated rings. The van der Waals surface area contributed by atoms with Gasteiger partial charge in [0.15, 0.2) is 6.61 Å². The average molecular weight is 331 g/mol. The van der Waals surface area contributed by atoms with Gasteiger partial charge in [-0.3, -0.25) is 19.3 Å². The van der Waals surface area contributed by atoms with Crippen LogP contribution in [0.15, 0.2) is 18.2 Å². The number of hydrogen-bond donors (Lipinski definition) is 1. The molecule has 0 aliphatic carbocycles. The molecule has 1 N–H and O–H groups in total. The maximum Gasteiger partial charge on any atom is 0.265 e. The smallest absolute Gasteiger partial charge is 0.265 e. The van der Waals surface area contributed by atoms with Crippen LogP contribution >= 0.6 is 0 Å². The van der Waals surface area contributed by atoms with Crippen LogP contribution in [-0.2, 0) is 14.4 Å². The van der Waals surface area contributed by atoms with E-state index in [4.69, 9.17) is 4.74 Å². The van der Waals surface area contributed by atoms with Crippen molar-refractivity contribution >= 4 is 29.1 Å². The lowest BCUT2D eigenvalue weighted by Gasteiger charge is -2.32. The van der Waals surface area contributed by atoms with Crippen LogP contribution in [0.25, 0.3) is 0 Å². The van der Waals surface area contributed by atoms with E-state index in [1.165, 1.54) is 11.8 Å². The van der Waals surface area contributed by atoms with Crippen LogP contribution in [-0.4, -0.2) is 48.9 Å². The van der Waals surface area contributed by atoms with E-state index in [1.807, 2.05) is 4.90 Å². The van der Waals surface area contributed by atoms with Crippen LogP contribution in [0.2, 0.25) is 0 Å². The van der Waals surface area contributed by atoms with Gasteiger partial charge in [0.25, 0.3) is 5.91 Å². The highest BCUT2D eigenvalue weighted by Crippen LogP contribution is 2.34. The SMILES string of the molecule is CC(=O)Nc1ccc2c(c1)N(CC(=O)N1CCCCC1)C(=O)CO2. The van der Waals surface area contributed by atoms with Gasteiger partial charge in [-0.2, -0.15) is 0 Å². The van der Waals surface area contributed by atoms with E-state index in [1.54, 1.807) is 18.2 Å². The minimum atomic E-state index is -0.257. The molecule has 0 unspecified atom stereocenters. The Hall–Kier alpha value is -2.57. The molecule has 7 nitrogen and oxygen atoms in total. The molecule has 1 aromatic carbocycles. The fourth-order valence-electron chi connectivity index (χ4n) is 3.04. The van der Waals surface area contributed by atoms with Crippen molar-refractivity contribution in [2.45, 2.75) is 26.2 Å². The summed E-state index contributed by atoms with van der Waals surface area (Å²) in [7, 11) is 0. The Balaban J connectivity index is 1.81. The van der Waals surface area contributed by atoms with Crippen LogP contribution in [0.3, 0.4) is 0 Å². The number of rotatable bonds is 3. The first-order valence-corrected chi connectivity index (χ1v) is 8.17. The summed E-state index contributed by atoms with van der Waals surface area (Å²) in [6.07, 6.45) is 3.15. The minimum absolute atomic E-state index is 0.00127. The summed E-state index contributed by atoms with van der Waals surface area (Å²) in [4.78, 5) is 39.2. The van der Waals surface area contributed by atoms with Gasteiger partial charge in [-0.25, -0.2) is 0 Å². The molecule has 3 rings (SSSR count). The van der Waals surface area contributed by atoms with E-state index in [-0.39, 0.29) is 30.9 Å². The number of likely N-dealkylation sites (tertiary alicyclic amines) is 1. The Morgan fingerprint density at radius 3 is 2.67 bits per heavy atom. The summed E-state index contributed by atoms with van der Waals surface area (Å²) in [5, 5.41) is 2.68. The molecule has 24 heavy (non-hydrogen) atoms. The van der Waals surface area contributed by atoms with Crippen molar-refractivity contribution in [2.75, 3.05) is 36.5 Å². The molecule has 0 radical (unpaired) electrons. The zero-order valence-electron chi connectivity index (χ0n) is 13.7. The molecule has 0 aromatic heterocycles. The van der Waals surface area contributed by atoms with Gasteiger partial charge < -0.3 is 15.0 Å². The van der Waals surface area contributed by atoms with Crippen LogP contribution < -0.4 is 15.0 Å². The Morgan fingerprint density at radius 2 is 1.96 bits per heavy atom.